The van der Waals surface area contributed by atoms with Crippen LogP contribution in [0.5, 0.6) is 0 Å². The molecule has 1 aromatic carbocycles. The van der Waals surface area contributed by atoms with Crippen molar-refractivity contribution >= 4 is 17.4 Å². The smallest absolute Gasteiger partial charge is 0.271 e. The third-order valence-electron chi connectivity index (χ3n) is 3.01. The van der Waals surface area contributed by atoms with Crippen molar-refractivity contribution in [1.29, 1.82) is 0 Å². The van der Waals surface area contributed by atoms with Crippen LogP contribution in [-0.2, 0) is 0 Å². The van der Waals surface area contributed by atoms with E-state index in [0.29, 0.717) is 5.82 Å². The quantitative estimate of drug-likeness (QED) is 0.766. The minimum absolute atomic E-state index is 0.264. The SMILES string of the molecule is CNC(=O)c1ccc(Nc2cccc(-n3cccn3)c2)nn1. The number of carbonyl (C=O) groups excluding carboxylic acids is 1. The van der Waals surface area contributed by atoms with Crippen LogP contribution in [0.4, 0.5) is 11.5 Å². The summed E-state index contributed by atoms with van der Waals surface area (Å²) in [4.78, 5) is 11.4. The molecule has 3 rings (SSSR count). The van der Waals surface area contributed by atoms with Crippen LogP contribution >= 0.6 is 0 Å². The lowest BCUT2D eigenvalue weighted by molar-refractivity contribution is 0.0957. The average molecular weight is 294 g/mol. The van der Waals surface area contributed by atoms with Crippen LogP contribution in [0.2, 0.25) is 0 Å². The first kappa shape index (κ1) is 13.7. The molecule has 7 heteroatoms. The Morgan fingerprint density at radius 2 is 2.05 bits per heavy atom. The first-order chi connectivity index (χ1) is 10.8. The lowest BCUT2D eigenvalue weighted by Gasteiger charge is -2.08. The standard InChI is InChI=1S/C15H14N6O/c1-16-15(22)13-6-7-14(20-19-13)18-11-4-2-5-12(10-11)21-9-3-8-17-21/h2-10H,1H3,(H,16,22)(H,18,20). The Morgan fingerprint density at radius 1 is 1.14 bits per heavy atom. The Balaban J connectivity index is 1.78. The van der Waals surface area contributed by atoms with Gasteiger partial charge in [-0.05, 0) is 36.4 Å². The zero-order chi connectivity index (χ0) is 15.4. The molecule has 0 radical (unpaired) electrons. The van der Waals surface area contributed by atoms with Gasteiger partial charge in [0.15, 0.2) is 11.5 Å². The van der Waals surface area contributed by atoms with Crippen molar-refractivity contribution in [2.24, 2.45) is 0 Å². The van der Waals surface area contributed by atoms with E-state index in [1.807, 2.05) is 36.5 Å². The molecule has 0 saturated heterocycles. The minimum atomic E-state index is -0.264. The number of hydrogen-bond acceptors (Lipinski definition) is 5. The second kappa shape index (κ2) is 6.04. The molecule has 7 nitrogen and oxygen atoms in total. The second-order valence-electron chi connectivity index (χ2n) is 4.51. The molecule has 0 aliphatic carbocycles. The van der Waals surface area contributed by atoms with Crippen molar-refractivity contribution in [3.63, 3.8) is 0 Å². The molecule has 0 aliphatic heterocycles. The Hall–Kier alpha value is -3.22. The van der Waals surface area contributed by atoms with Crippen molar-refractivity contribution in [3.05, 3.63) is 60.6 Å². The molecule has 1 amide bonds. The van der Waals surface area contributed by atoms with Crippen LogP contribution < -0.4 is 10.6 Å². The Kier molecular flexibility index (Phi) is 3.78. The summed E-state index contributed by atoms with van der Waals surface area (Å²) in [6.45, 7) is 0. The molecule has 2 N–H and O–H groups in total. The number of anilines is 2. The summed E-state index contributed by atoms with van der Waals surface area (Å²) in [6.07, 6.45) is 3.60. The van der Waals surface area contributed by atoms with Crippen LogP contribution in [0.15, 0.2) is 54.9 Å². The maximum Gasteiger partial charge on any atom is 0.271 e. The third kappa shape index (κ3) is 2.93. The molecule has 0 atom stereocenters. The van der Waals surface area contributed by atoms with E-state index in [-0.39, 0.29) is 11.6 Å². The summed E-state index contributed by atoms with van der Waals surface area (Å²) in [5.41, 5.74) is 2.07. The number of carbonyl (C=O) groups is 1. The van der Waals surface area contributed by atoms with Gasteiger partial charge in [0.2, 0.25) is 0 Å². The van der Waals surface area contributed by atoms with Crippen LogP contribution in [0.25, 0.3) is 5.69 Å². The molecule has 110 valence electrons. The number of rotatable bonds is 4. The van der Waals surface area contributed by atoms with Gasteiger partial charge in [0, 0.05) is 25.1 Å². The Morgan fingerprint density at radius 3 is 2.73 bits per heavy atom. The lowest BCUT2D eigenvalue weighted by Crippen LogP contribution is -2.19. The highest BCUT2D eigenvalue weighted by Crippen LogP contribution is 2.17. The number of nitrogens with one attached hydrogen (secondary N) is 2. The summed E-state index contributed by atoms with van der Waals surface area (Å²) in [5.74, 6) is 0.296. The largest absolute Gasteiger partial charge is 0.354 e. The van der Waals surface area contributed by atoms with Crippen molar-refractivity contribution in [1.82, 2.24) is 25.3 Å². The van der Waals surface area contributed by atoms with E-state index >= 15 is 0 Å². The van der Waals surface area contributed by atoms with E-state index in [0.717, 1.165) is 11.4 Å². The van der Waals surface area contributed by atoms with Gasteiger partial charge in [-0.15, -0.1) is 10.2 Å². The highest BCUT2D eigenvalue weighted by molar-refractivity contribution is 5.91. The predicted molar refractivity (Wildman–Crippen MR) is 82.3 cm³/mol. The topological polar surface area (TPSA) is 84.7 Å². The first-order valence-corrected chi connectivity index (χ1v) is 6.69. The summed E-state index contributed by atoms with van der Waals surface area (Å²) < 4.78 is 1.77. The molecule has 0 fully saturated rings. The van der Waals surface area contributed by atoms with Gasteiger partial charge in [0.05, 0.1) is 5.69 Å². The normalized spacial score (nSPS) is 10.2. The Bertz CT molecular complexity index is 767. The molecule has 2 aromatic heterocycles. The van der Waals surface area contributed by atoms with E-state index in [1.54, 1.807) is 30.1 Å². The lowest BCUT2D eigenvalue weighted by atomic mass is 10.2. The zero-order valence-corrected chi connectivity index (χ0v) is 11.9. The number of aromatic nitrogens is 4. The molecular weight excluding hydrogens is 280 g/mol. The van der Waals surface area contributed by atoms with Crippen LogP contribution in [0.1, 0.15) is 10.5 Å². The third-order valence-corrected chi connectivity index (χ3v) is 3.01. The molecule has 0 bridgehead atoms. The highest BCUT2D eigenvalue weighted by Gasteiger charge is 2.06. The van der Waals surface area contributed by atoms with Crippen LogP contribution in [0.3, 0.4) is 0 Å². The van der Waals surface area contributed by atoms with Crippen LogP contribution in [0, 0.1) is 0 Å². The van der Waals surface area contributed by atoms with Gasteiger partial charge < -0.3 is 10.6 Å². The maximum absolute atomic E-state index is 11.4. The van der Waals surface area contributed by atoms with Crippen molar-refractivity contribution < 1.29 is 4.79 Å². The fourth-order valence-corrected chi connectivity index (χ4v) is 1.94. The highest BCUT2D eigenvalue weighted by atomic mass is 16.1. The summed E-state index contributed by atoms with van der Waals surface area (Å²) in [7, 11) is 1.55. The van der Waals surface area contributed by atoms with E-state index < -0.39 is 0 Å². The van der Waals surface area contributed by atoms with E-state index in [4.69, 9.17) is 0 Å². The number of amides is 1. The van der Waals surface area contributed by atoms with Crippen LogP contribution in [-0.4, -0.2) is 32.9 Å². The van der Waals surface area contributed by atoms with Gasteiger partial charge in [-0.2, -0.15) is 5.10 Å². The molecule has 0 unspecified atom stereocenters. The van der Waals surface area contributed by atoms with E-state index in [1.165, 1.54) is 0 Å². The van der Waals surface area contributed by atoms with Gasteiger partial charge in [0.1, 0.15) is 0 Å². The monoisotopic (exact) mass is 294 g/mol. The Labute approximate surface area is 127 Å². The van der Waals surface area contributed by atoms with Gasteiger partial charge in [-0.25, -0.2) is 4.68 Å². The number of nitrogens with zero attached hydrogens (tertiary/aromatic N) is 4. The van der Waals surface area contributed by atoms with Gasteiger partial charge in [-0.1, -0.05) is 6.07 Å². The second-order valence-corrected chi connectivity index (χ2v) is 4.51. The van der Waals surface area contributed by atoms with Gasteiger partial charge >= 0.3 is 0 Å². The minimum Gasteiger partial charge on any atom is -0.354 e. The zero-order valence-electron chi connectivity index (χ0n) is 11.9. The summed E-state index contributed by atoms with van der Waals surface area (Å²) in [6, 6.07) is 12.9. The van der Waals surface area contributed by atoms with E-state index in [2.05, 4.69) is 25.9 Å². The molecule has 3 aromatic rings. The van der Waals surface area contributed by atoms with Crippen molar-refractivity contribution in [2.45, 2.75) is 0 Å². The van der Waals surface area contributed by atoms with E-state index in [9.17, 15) is 4.79 Å². The fourth-order valence-electron chi connectivity index (χ4n) is 1.94. The number of benzene rings is 1. The molecule has 0 saturated carbocycles. The maximum atomic E-state index is 11.4. The summed E-state index contributed by atoms with van der Waals surface area (Å²) in [5, 5.41) is 17.7. The molecule has 22 heavy (non-hydrogen) atoms. The van der Waals surface area contributed by atoms with Crippen molar-refractivity contribution in [2.75, 3.05) is 12.4 Å². The molecule has 0 spiro atoms. The molecule has 0 aliphatic rings. The molecule has 2 heterocycles. The predicted octanol–water partition coefficient (Wildman–Crippen LogP) is 1.77. The van der Waals surface area contributed by atoms with Gasteiger partial charge in [0.25, 0.3) is 5.91 Å². The van der Waals surface area contributed by atoms with Crippen molar-refractivity contribution in [3.8, 4) is 5.69 Å². The average Bonchev–Trinajstić information content (AvgIpc) is 3.10. The fraction of sp³-hybridized carbons (Fsp3) is 0.0667. The van der Waals surface area contributed by atoms with Gasteiger partial charge in [-0.3, -0.25) is 4.79 Å². The summed E-state index contributed by atoms with van der Waals surface area (Å²) >= 11 is 0. The molecular formula is C15H14N6O. The number of hydrogen-bond donors (Lipinski definition) is 2. The first-order valence-electron chi connectivity index (χ1n) is 6.69.